The van der Waals surface area contributed by atoms with Gasteiger partial charge in [-0.15, -0.1) is 0 Å². The molecule has 2 heterocycles. The van der Waals surface area contributed by atoms with Crippen LogP contribution in [0, 0.1) is 12.8 Å². The number of nitrogens with zero attached hydrogens (tertiary/aromatic N) is 3. The fourth-order valence-electron chi connectivity index (χ4n) is 4.18. The van der Waals surface area contributed by atoms with Gasteiger partial charge in [-0.05, 0) is 49.1 Å². The van der Waals surface area contributed by atoms with E-state index >= 15 is 0 Å². The highest BCUT2D eigenvalue weighted by atomic mass is 79.9. The number of carbonyl (C=O) groups excluding carboxylic acids is 1. The number of benzene rings is 2. The molecular formula is C24H27BrN4O3S. The summed E-state index contributed by atoms with van der Waals surface area (Å²) in [5.41, 5.74) is 2.73. The Kier molecular flexibility index (Phi) is 7.31. The molecule has 7 nitrogen and oxygen atoms in total. The van der Waals surface area contributed by atoms with Crippen LogP contribution in [-0.2, 0) is 27.1 Å². The summed E-state index contributed by atoms with van der Waals surface area (Å²) in [6.45, 7) is 3.07. The summed E-state index contributed by atoms with van der Waals surface area (Å²) < 4.78 is 30.0. The molecule has 0 aliphatic carbocycles. The standard InChI is InChI=1S/C24H27BrN4O3S/c1-18-26-11-14-29(18)23-8-3-2-6-21(23)16-27-24(30)20-9-12-28(13-10-20)33(31,32)17-19-5-4-7-22(25)15-19/h2-8,11,14-15,20H,9-10,12-13,16-17H2,1H3,(H,27,30). The first-order valence-corrected chi connectivity index (χ1v) is 13.3. The molecule has 2 aromatic carbocycles. The lowest BCUT2D eigenvalue weighted by Crippen LogP contribution is -2.43. The summed E-state index contributed by atoms with van der Waals surface area (Å²) in [7, 11) is -3.42. The van der Waals surface area contributed by atoms with Crippen LogP contribution in [0.25, 0.3) is 5.69 Å². The van der Waals surface area contributed by atoms with Crippen molar-refractivity contribution >= 4 is 31.9 Å². The Hall–Kier alpha value is -2.49. The molecule has 0 atom stereocenters. The monoisotopic (exact) mass is 530 g/mol. The number of hydrogen-bond donors (Lipinski definition) is 1. The molecule has 33 heavy (non-hydrogen) atoms. The third kappa shape index (κ3) is 5.72. The van der Waals surface area contributed by atoms with Crippen LogP contribution in [0.1, 0.15) is 29.8 Å². The van der Waals surface area contributed by atoms with Gasteiger partial charge in [0.1, 0.15) is 5.82 Å². The van der Waals surface area contributed by atoms with Gasteiger partial charge in [-0.1, -0.05) is 46.3 Å². The highest BCUT2D eigenvalue weighted by Gasteiger charge is 2.31. The third-order valence-electron chi connectivity index (χ3n) is 5.99. The average Bonchev–Trinajstić information content (AvgIpc) is 3.23. The van der Waals surface area contributed by atoms with E-state index < -0.39 is 10.0 Å². The second kappa shape index (κ2) is 10.2. The van der Waals surface area contributed by atoms with Crippen LogP contribution in [0.2, 0.25) is 0 Å². The zero-order valence-corrected chi connectivity index (χ0v) is 20.8. The molecule has 0 unspecified atom stereocenters. The predicted molar refractivity (Wildman–Crippen MR) is 131 cm³/mol. The van der Waals surface area contributed by atoms with Gasteiger partial charge in [0, 0.05) is 42.4 Å². The van der Waals surface area contributed by atoms with Crippen LogP contribution in [0.3, 0.4) is 0 Å². The minimum atomic E-state index is -3.42. The molecule has 4 rings (SSSR count). The van der Waals surface area contributed by atoms with Gasteiger partial charge < -0.3 is 9.88 Å². The molecule has 1 N–H and O–H groups in total. The molecule has 0 radical (unpaired) electrons. The smallest absolute Gasteiger partial charge is 0.223 e. The molecule has 0 bridgehead atoms. The number of nitrogens with one attached hydrogen (secondary N) is 1. The van der Waals surface area contributed by atoms with Crippen molar-refractivity contribution in [2.45, 2.75) is 32.1 Å². The van der Waals surface area contributed by atoms with Crippen LogP contribution < -0.4 is 5.32 Å². The Bertz CT molecular complexity index is 1230. The Morgan fingerprint density at radius 3 is 2.61 bits per heavy atom. The maximum absolute atomic E-state index is 12.8. The normalized spacial score (nSPS) is 15.5. The fourth-order valence-corrected chi connectivity index (χ4v) is 6.18. The van der Waals surface area contributed by atoms with Crippen LogP contribution in [-0.4, -0.2) is 41.3 Å². The maximum Gasteiger partial charge on any atom is 0.223 e. The number of sulfonamides is 1. The van der Waals surface area contributed by atoms with E-state index in [0.717, 1.165) is 27.1 Å². The summed E-state index contributed by atoms with van der Waals surface area (Å²) in [5, 5.41) is 3.04. The van der Waals surface area contributed by atoms with Crippen LogP contribution in [0.4, 0.5) is 0 Å². The minimum absolute atomic E-state index is 0.0313. The highest BCUT2D eigenvalue weighted by Crippen LogP contribution is 2.23. The van der Waals surface area contributed by atoms with Crippen LogP contribution in [0.5, 0.6) is 0 Å². The van der Waals surface area contributed by atoms with Crippen molar-refractivity contribution in [1.82, 2.24) is 19.2 Å². The van der Waals surface area contributed by atoms with E-state index in [-0.39, 0.29) is 17.6 Å². The van der Waals surface area contributed by atoms with E-state index in [1.165, 1.54) is 4.31 Å². The molecule has 174 valence electrons. The molecule has 1 aromatic heterocycles. The van der Waals surface area contributed by atoms with Gasteiger partial charge in [0.25, 0.3) is 0 Å². The second-order valence-corrected chi connectivity index (χ2v) is 11.1. The fraction of sp³-hybridized carbons (Fsp3) is 0.333. The number of rotatable bonds is 7. The Balaban J connectivity index is 1.33. The second-order valence-electron chi connectivity index (χ2n) is 8.25. The van der Waals surface area contributed by atoms with Gasteiger partial charge in [-0.2, -0.15) is 0 Å². The summed E-state index contributed by atoms with van der Waals surface area (Å²) in [6, 6.07) is 15.2. The molecular weight excluding hydrogens is 504 g/mol. The van der Waals surface area contributed by atoms with Gasteiger partial charge in [-0.25, -0.2) is 17.7 Å². The number of piperidine rings is 1. The number of para-hydroxylation sites is 1. The Morgan fingerprint density at radius 2 is 1.91 bits per heavy atom. The molecule has 1 saturated heterocycles. The summed E-state index contributed by atoms with van der Waals surface area (Å²) >= 11 is 3.38. The van der Waals surface area contributed by atoms with Gasteiger partial charge in [-0.3, -0.25) is 4.79 Å². The Labute approximate surface area is 203 Å². The zero-order chi connectivity index (χ0) is 23.4. The first-order valence-electron chi connectivity index (χ1n) is 10.9. The van der Waals surface area contributed by atoms with E-state index in [1.54, 1.807) is 6.20 Å². The van der Waals surface area contributed by atoms with Crippen molar-refractivity contribution < 1.29 is 13.2 Å². The zero-order valence-electron chi connectivity index (χ0n) is 18.4. The summed E-state index contributed by atoms with van der Waals surface area (Å²) in [5.74, 6) is 0.624. The number of aromatic nitrogens is 2. The molecule has 1 aliphatic rings. The number of hydrogen-bond acceptors (Lipinski definition) is 4. The van der Waals surface area contributed by atoms with E-state index in [4.69, 9.17) is 0 Å². The van der Waals surface area contributed by atoms with Gasteiger partial charge in [0.2, 0.25) is 15.9 Å². The molecule has 1 aliphatic heterocycles. The lowest BCUT2D eigenvalue weighted by Gasteiger charge is -2.30. The van der Waals surface area contributed by atoms with Crippen LogP contribution in [0.15, 0.2) is 65.4 Å². The minimum Gasteiger partial charge on any atom is -0.352 e. The summed E-state index contributed by atoms with van der Waals surface area (Å²) in [4.78, 5) is 17.1. The van der Waals surface area contributed by atoms with Crippen LogP contribution >= 0.6 is 15.9 Å². The SMILES string of the molecule is Cc1nccn1-c1ccccc1CNC(=O)C1CCN(S(=O)(=O)Cc2cccc(Br)c2)CC1. The quantitative estimate of drug-likeness (QED) is 0.503. The lowest BCUT2D eigenvalue weighted by molar-refractivity contribution is -0.126. The topological polar surface area (TPSA) is 84.3 Å². The molecule has 1 fully saturated rings. The first kappa shape index (κ1) is 23.7. The molecule has 3 aromatic rings. The number of carbonyl (C=O) groups is 1. The number of aryl methyl sites for hydroxylation is 1. The van der Waals surface area contributed by atoms with E-state index in [0.29, 0.717) is 32.5 Å². The first-order chi connectivity index (χ1) is 15.8. The summed E-state index contributed by atoms with van der Waals surface area (Å²) in [6.07, 6.45) is 4.70. The van der Waals surface area contributed by atoms with E-state index in [9.17, 15) is 13.2 Å². The molecule has 1 amide bonds. The van der Waals surface area contributed by atoms with Crippen molar-refractivity contribution in [3.8, 4) is 5.69 Å². The number of halogens is 1. The van der Waals surface area contributed by atoms with Crippen molar-refractivity contribution in [1.29, 1.82) is 0 Å². The van der Waals surface area contributed by atoms with E-state index in [1.807, 2.05) is 66.2 Å². The highest BCUT2D eigenvalue weighted by molar-refractivity contribution is 9.10. The third-order valence-corrected chi connectivity index (χ3v) is 8.33. The van der Waals surface area contributed by atoms with Crippen molar-refractivity contribution in [3.63, 3.8) is 0 Å². The Morgan fingerprint density at radius 1 is 1.15 bits per heavy atom. The van der Waals surface area contributed by atoms with Crippen molar-refractivity contribution in [2.75, 3.05) is 13.1 Å². The number of amides is 1. The van der Waals surface area contributed by atoms with Crippen molar-refractivity contribution in [3.05, 3.63) is 82.3 Å². The van der Waals surface area contributed by atoms with E-state index in [2.05, 4.69) is 26.2 Å². The average molecular weight is 531 g/mol. The van der Waals surface area contributed by atoms with Gasteiger partial charge in [0.15, 0.2) is 0 Å². The molecule has 0 spiro atoms. The van der Waals surface area contributed by atoms with Crippen molar-refractivity contribution in [2.24, 2.45) is 5.92 Å². The lowest BCUT2D eigenvalue weighted by atomic mass is 9.97. The predicted octanol–water partition coefficient (Wildman–Crippen LogP) is 3.80. The maximum atomic E-state index is 12.8. The number of imidazole rings is 1. The largest absolute Gasteiger partial charge is 0.352 e. The van der Waals surface area contributed by atoms with Gasteiger partial charge >= 0.3 is 0 Å². The molecule has 0 saturated carbocycles. The van der Waals surface area contributed by atoms with Gasteiger partial charge in [0.05, 0.1) is 11.4 Å². The molecule has 9 heteroatoms.